The largest absolute Gasteiger partial charge is 0.357 e. The van der Waals surface area contributed by atoms with E-state index < -0.39 is 5.54 Å². The monoisotopic (exact) mass is 371 g/mol. The van der Waals surface area contributed by atoms with Crippen molar-refractivity contribution < 1.29 is 9.59 Å². The molecule has 0 aliphatic carbocycles. The van der Waals surface area contributed by atoms with E-state index in [9.17, 15) is 9.59 Å². The van der Waals surface area contributed by atoms with Gasteiger partial charge in [-0.25, -0.2) is 0 Å². The second kappa shape index (κ2) is 7.51. The van der Waals surface area contributed by atoms with Gasteiger partial charge in [-0.3, -0.25) is 14.5 Å². The van der Waals surface area contributed by atoms with Gasteiger partial charge in [-0.1, -0.05) is 0 Å². The van der Waals surface area contributed by atoms with E-state index in [1.807, 2.05) is 0 Å². The smallest absolute Gasteiger partial charge is 0.267 e. The van der Waals surface area contributed by atoms with Crippen molar-refractivity contribution in [2.45, 2.75) is 43.7 Å². The van der Waals surface area contributed by atoms with E-state index in [1.165, 1.54) is 0 Å². The van der Waals surface area contributed by atoms with Crippen LogP contribution in [0.15, 0.2) is 24.5 Å². The first kappa shape index (κ1) is 17.7. The van der Waals surface area contributed by atoms with Crippen molar-refractivity contribution in [3.05, 3.63) is 35.9 Å². The number of rotatable bonds is 6. The van der Waals surface area contributed by atoms with Gasteiger partial charge in [0, 0.05) is 31.7 Å². The molecule has 2 aliphatic heterocycles. The molecule has 2 aromatic heterocycles. The van der Waals surface area contributed by atoms with Crippen molar-refractivity contribution in [2.75, 3.05) is 19.6 Å². The number of fused-ring (bicyclic) bond motifs is 1. The molecule has 27 heavy (non-hydrogen) atoms. The van der Waals surface area contributed by atoms with Gasteiger partial charge in [-0.05, 0) is 44.4 Å². The summed E-state index contributed by atoms with van der Waals surface area (Å²) in [7, 11) is 0. The molecule has 0 unspecified atom stereocenters. The van der Waals surface area contributed by atoms with Crippen molar-refractivity contribution in [3.8, 4) is 0 Å². The molecule has 0 saturated carbocycles. The number of carbonyl (C=O) groups excluding carboxylic acids is 2. The van der Waals surface area contributed by atoms with E-state index in [2.05, 4.69) is 35.9 Å². The zero-order valence-corrected chi connectivity index (χ0v) is 15.2. The Kier molecular flexibility index (Phi) is 4.93. The van der Waals surface area contributed by atoms with Gasteiger partial charge in [0.05, 0.1) is 11.9 Å². The van der Waals surface area contributed by atoms with Gasteiger partial charge < -0.3 is 15.6 Å². The first-order chi connectivity index (χ1) is 13.2. The van der Waals surface area contributed by atoms with Gasteiger partial charge in [-0.2, -0.15) is 15.4 Å². The van der Waals surface area contributed by atoms with Crippen molar-refractivity contribution in [1.82, 2.24) is 35.9 Å². The van der Waals surface area contributed by atoms with Crippen LogP contribution in [0.3, 0.4) is 0 Å². The van der Waals surface area contributed by atoms with E-state index in [0.29, 0.717) is 31.6 Å². The second-order valence-electron chi connectivity index (χ2n) is 7.36. The van der Waals surface area contributed by atoms with Crippen LogP contribution in [0.25, 0.3) is 0 Å². The van der Waals surface area contributed by atoms with Crippen molar-refractivity contribution in [2.24, 2.45) is 0 Å². The molecule has 4 heterocycles. The van der Waals surface area contributed by atoms with E-state index in [4.69, 9.17) is 0 Å². The minimum atomic E-state index is -0.518. The summed E-state index contributed by atoms with van der Waals surface area (Å²) < 4.78 is 0. The number of aromatic amines is 2. The third-order valence-electron chi connectivity index (χ3n) is 5.63. The number of amides is 2. The molecular formula is C18H25N7O2. The third kappa shape index (κ3) is 3.59. The molecule has 2 atom stereocenters. The van der Waals surface area contributed by atoms with Crippen molar-refractivity contribution in [1.29, 1.82) is 0 Å². The summed E-state index contributed by atoms with van der Waals surface area (Å²) in [6.07, 6.45) is 7.64. The Bertz CT molecular complexity index is 774. The summed E-state index contributed by atoms with van der Waals surface area (Å²) in [6.45, 7) is 2.13. The summed E-state index contributed by atoms with van der Waals surface area (Å²) >= 11 is 0. The average molecular weight is 371 g/mol. The number of hydrogen-bond donors (Lipinski definition) is 4. The number of nitrogens with zero attached hydrogens (tertiary/aromatic N) is 3. The molecule has 4 N–H and O–H groups in total. The molecule has 2 aromatic rings. The number of H-pyrrole nitrogens is 2. The van der Waals surface area contributed by atoms with Gasteiger partial charge >= 0.3 is 0 Å². The zero-order chi connectivity index (χ0) is 18.7. The lowest BCUT2D eigenvalue weighted by molar-refractivity contribution is -0.133. The molecule has 2 saturated heterocycles. The van der Waals surface area contributed by atoms with Crippen LogP contribution in [0.4, 0.5) is 0 Å². The number of aromatic nitrogens is 4. The Morgan fingerprint density at radius 2 is 2.30 bits per heavy atom. The fraction of sp³-hybridized carbons (Fsp3) is 0.556. The molecule has 4 rings (SSSR count). The standard InChI is InChI=1S/C18H25N7O2/c26-16(15-4-3-7-19-15)22-14-10-18(6-1-2-9-25(18)12-14)17(27)20-8-5-13-11-21-24-23-13/h3-4,7,11,14,19H,1-2,5-6,8-10,12H2,(H,20,27)(H,22,26)(H,21,23,24)/t14-,18+/m0/s1. The topological polar surface area (TPSA) is 119 Å². The Balaban J connectivity index is 1.39. The van der Waals surface area contributed by atoms with Gasteiger partial charge in [0.2, 0.25) is 5.91 Å². The molecule has 0 spiro atoms. The third-order valence-corrected chi connectivity index (χ3v) is 5.63. The summed E-state index contributed by atoms with van der Waals surface area (Å²) in [6, 6.07) is 3.53. The second-order valence-corrected chi connectivity index (χ2v) is 7.36. The minimum absolute atomic E-state index is 0.0276. The fourth-order valence-corrected chi connectivity index (χ4v) is 4.32. The molecule has 0 radical (unpaired) electrons. The van der Waals surface area contributed by atoms with Crippen molar-refractivity contribution >= 4 is 11.8 Å². The van der Waals surface area contributed by atoms with Crippen LogP contribution in [0.1, 0.15) is 41.9 Å². The van der Waals surface area contributed by atoms with Crippen LogP contribution in [0.2, 0.25) is 0 Å². The van der Waals surface area contributed by atoms with Crippen LogP contribution in [-0.4, -0.2) is 68.3 Å². The highest BCUT2D eigenvalue weighted by Gasteiger charge is 2.52. The minimum Gasteiger partial charge on any atom is -0.357 e. The predicted molar refractivity (Wildman–Crippen MR) is 97.9 cm³/mol. The van der Waals surface area contributed by atoms with Crippen LogP contribution >= 0.6 is 0 Å². The number of piperidine rings is 1. The number of hydrogen-bond acceptors (Lipinski definition) is 5. The Hall–Kier alpha value is -2.68. The number of carbonyl (C=O) groups is 2. The van der Waals surface area contributed by atoms with Gasteiger partial charge in [-0.15, -0.1) is 0 Å². The van der Waals surface area contributed by atoms with Crippen molar-refractivity contribution in [3.63, 3.8) is 0 Å². The SMILES string of the molecule is O=C(N[C@@H]1CN2CCCC[C@]2(C(=O)NCCc2cn[nH]n2)C1)c1ccc[nH]1. The maximum absolute atomic E-state index is 13.1. The Labute approximate surface area is 157 Å². The number of nitrogens with one attached hydrogen (secondary N) is 4. The predicted octanol–water partition coefficient (Wildman–Crippen LogP) is 0.219. The summed E-state index contributed by atoms with van der Waals surface area (Å²) in [5.74, 6) is -0.0613. The maximum atomic E-state index is 13.1. The van der Waals surface area contributed by atoms with Crippen LogP contribution in [-0.2, 0) is 11.2 Å². The molecule has 9 heteroatoms. The highest BCUT2D eigenvalue weighted by atomic mass is 16.2. The quantitative estimate of drug-likeness (QED) is 0.579. The molecule has 0 aromatic carbocycles. The Morgan fingerprint density at radius 3 is 3.07 bits per heavy atom. The molecular weight excluding hydrogens is 346 g/mol. The fourth-order valence-electron chi connectivity index (χ4n) is 4.32. The molecule has 2 amide bonds. The molecule has 0 bridgehead atoms. The van der Waals surface area contributed by atoms with E-state index in [-0.39, 0.29) is 17.9 Å². The van der Waals surface area contributed by atoms with Gasteiger partial charge in [0.1, 0.15) is 11.2 Å². The average Bonchev–Trinajstić information content (AvgIpc) is 3.41. The van der Waals surface area contributed by atoms with E-state index in [1.54, 1.807) is 24.5 Å². The van der Waals surface area contributed by atoms with Crippen LogP contribution in [0, 0.1) is 0 Å². The lowest BCUT2D eigenvalue weighted by Gasteiger charge is -2.40. The molecule has 9 nitrogen and oxygen atoms in total. The van der Waals surface area contributed by atoms with Gasteiger partial charge in [0.15, 0.2) is 0 Å². The highest BCUT2D eigenvalue weighted by Crippen LogP contribution is 2.38. The summed E-state index contributed by atoms with van der Waals surface area (Å²) in [5.41, 5.74) is 0.859. The summed E-state index contributed by atoms with van der Waals surface area (Å²) in [5, 5.41) is 16.5. The molecule has 2 fully saturated rings. The normalized spacial score (nSPS) is 25.1. The molecule has 144 valence electrons. The maximum Gasteiger partial charge on any atom is 0.267 e. The zero-order valence-electron chi connectivity index (χ0n) is 15.2. The lowest BCUT2D eigenvalue weighted by Crippen LogP contribution is -2.57. The van der Waals surface area contributed by atoms with E-state index in [0.717, 1.165) is 31.5 Å². The first-order valence-electron chi connectivity index (χ1n) is 9.50. The van der Waals surface area contributed by atoms with Crippen LogP contribution < -0.4 is 10.6 Å². The van der Waals surface area contributed by atoms with Crippen LogP contribution in [0.5, 0.6) is 0 Å². The van der Waals surface area contributed by atoms with E-state index >= 15 is 0 Å². The van der Waals surface area contributed by atoms with Gasteiger partial charge in [0.25, 0.3) is 5.91 Å². The Morgan fingerprint density at radius 1 is 1.37 bits per heavy atom. The molecule has 2 aliphatic rings. The summed E-state index contributed by atoms with van der Waals surface area (Å²) in [4.78, 5) is 30.6. The lowest BCUT2D eigenvalue weighted by atomic mass is 9.84. The highest BCUT2D eigenvalue weighted by molar-refractivity contribution is 5.93. The first-order valence-corrected chi connectivity index (χ1v) is 9.50.